The van der Waals surface area contributed by atoms with E-state index in [1.807, 2.05) is 0 Å². The molecule has 0 saturated carbocycles. The van der Waals surface area contributed by atoms with Crippen molar-refractivity contribution in [2.24, 2.45) is 11.8 Å². The first kappa shape index (κ1) is 9.31. The van der Waals surface area contributed by atoms with Crippen LogP contribution in [0.4, 0.5) is 0 Å². The van der Waals surface area contributed by atoms with Crippen LogP contribution >= 0.6 is 15.9 Å². The molecular weight excluding hydrogens is 200 g/mol. The molecular formula is C10H17Br. The van der Waals surface area contributed by atoms with Crippen LogP contribution in [0.25, 0.3) is 0 Å². The highest BCUT2D eigenvalue weighted by atomic mass is 79.9. The molecule has 1 aliphatic carbocycles. The van der Waals surface area contributed by atoms with Crippen molar-refractivity contribution >= 4 is 15.9 Å². The number of rotatable bonds is 1. The smallest absolute Gasteiger partial charge is 0.0211 e. The van der Waals surface area contributed by atoms with E-state index in [1.54, 1.807) is 0 Å². The summed E-state index contributed by atoms with van der Waals surface area (Å²) in [5.41, 5.74) is 0. The van der Waals surface area contributed by atoms with Crippen LogP contribution in [-0.2, 0) is 0 Å². The Morgan fingerprint density at radius 1 is 1.45 bits per heavy atom. The molecule has 64 valence electrons. The van der Waals surface area contributed by atoms with Gasteiger partial charge in [0.1, 0.15) is 0 Å². The van der Waals surface area contributed by atoms with Gasteiger partial charge in [0.25, 0.3) is 0 Å². The fourth-order valence-electron chi connectivity index (χ4n) is 1.64. The largest absolute Gasteiger partial charge is 0.0884 e. The third-order valence-electron chi connectivity index (χ3n) is 2.40. The molecule has 0 heterocycles. The van der Waals surface area contributed by atoms with Gasteiger partial charge in [-0.2, -0.15) is 0 Å². The van der Waals surface area contributed by atoms with Crippen molar-refractivity contribution in [3.8, 4) is 0 Å². The predicted molar refractivity (Wildman–Crippen MR) is 54.0 cm³/mol. The second-order valence-electron chi connectivity index (χ2n) is 3.70. The minimum Gasteiger partial charge on any atom is -0.0884 e. The summed E-state index contributed by atoms with van der Waals surface area (Å²) in [6.45, 7) is 4.60. The Morgan fingerprint density at radius 2 is 2.18 bits per heavy atom. The van der Waals surface area contributed by atoms with Gasteiger partial charge in [0.15, 0.2) is 0 Å². The first-order chi connectivity index (χ1) is 5.22. The molecule has 0 radical (unpaired) electrons. The van der Waals surface area contributed by atoms with Gasteiger partial charge < -0.3 is 0 Å². The lowest BCUT2D eigenvalue weighted by Crippen LogP contribution is -2.16. The standard InChI is InChI=1S/C10H17Br/c1-8(2)9-6-4-3-5-7-10(9)11/h4,6,8-10H,3,5,7H2,1-2H3/t9-,10+/m0/s1. The minimum absolute atomic E-state index is 0.709. The quantitative estimate of drug-likeness (QED) is 0.463. The predicted octanol–water partition coefficient (Wildman–Crippen LogP) is 3.76. The van der Waals surface area contributed by atoms with E-state index in [2.05, 4.69) is 41.9 Å². The lowest BCUT2D eigenvalue weighted by atomic mass is 9.92. The van der Waals surface area contributed by atoms with E-state index in [0.717, 1.165) is 11.8 Å². The zero-order valence-electron chi connectivity index (χ0n) is 7.39. The van der Waals surface area contributed by atoms with Crippen LogP contribution in [0.15, 0.2) is 12.2 Å². The molecule has 1 heteroatoms. The topological polar surface area (TPSA) is 0 Å². The van der Waals surface area contributed by atoms with Gasteiger partial charge in [0.2, 0.25) is 0 Å². The molecule has 0 aromatic rings. The van der Waals surface area contributed by atoms with Crippen LogP contribution in [0.5, 0.6) is 0 Å². The summed E-state index contributed by atoms with van der Waals surface area (Å²) in [6, 6.07) is 0. The lowest BCUT2D eigenvalue weighted by Gasteiger charge is -2.21. The van der Waals surface area contributed by atoms with E-state index < -0.39 is 0 Å². The maximum Gasteiger partial charge on any atom is 0.0211 e. The molecule has 11 heavy (non-hydrogen) atoms. The van der Waals surface area contributed by atoms with Gasteiger partial charge in [-0.15, -0.1) is 0 Å². The SMILES string of the molecule is CC(C)[C@@H]1C=CCCC[C@H]1Br. The molecule has 0 amide bonds. The third kappa shape index (κ3) is 2.62. The van der Waals surface area contributed by atoms with Crippen molar-refractivity contribution in [2.45, 2.75) is 37.9 Å². The van der Waals surface area contributed by atoms with Gasteiger partial charge in [-0.3, -0.25) is 0 Å². The molecule has 0 spiro atoms. The van der Waals surface area contributed by atoms with Crippen molar-refractivity contribution in [3.63, 3.8) is 0 Å². The van der Waals surface area contributed by atoms with Gasteiger partial charge >= 0.3 is 0 Å². The first-order valence-electron chi connectivity index (χ1n) is 4.52. The van der Waals surface area contributed by atoms with Crippen LogP contribution < -0.4 is 0 Å². The highest BCUT2D eigenvalue weighted by Crippen LogP contribution is 2.29. The zero-order chi connectivity index (χ0) is 8.27. The lowest BCUT2D eigenvalue weighted by molar-refractivity contribution is 0.444. The molecule has 0 nitrogen and oxygen atoms in total. The molecule has 0 N–H and O–H groups in total. The molecule has 0 aromatic heterocycles. The monoisotopic (exact) mass is 216 g/mol. The molecule has 0 bridgehead atoms. The van der Waals surface area contributed by atoms with Crippen LogP contribution in [0.2, 0.25) is 0 Å². The second-order valence-corrected chi connectivity index (χ2v) is 4.87. The van der Waals surface area contributed by atoms with Gasteiger partial charge in [-0.05, 0) is 31.1 Å². The van der Waals surface area contributed by atoms with Crippen molar-refractivity contribution in [1.82, 2.24) is 0 Å². The van der Waals surface area contributed by atoms with E-state index in [1.165, 1.54) is 19.3 Å². The molecule has 2 atom stereocenters. The van der Waals surface area contributed by atoms with Crippen LogP contribution in [0.3, 0.4) is 0 Å². The molecule has 0 fully saturated rings. The van der Waals surface area contributed by atoms with Crippen molar-refractivity contribution in [1.29, 1.82) is 0 Å². The Kier molecular flexibility index (Phi) is 3.64. The summed E-state index contributed by atoms with van der Waals surface area (Å²) < 4.78 is 0. The molecule has 0 unspecified atom stereocenters. The molecule has 1 rings (SSSR count). The molecule has 0 aliphatic heterocycles. The van der Waals surface area contributed by atoms with Crippen LogP contribution in [0.1, 0.15) is 33.1 Å². The number of halogens is 1. The maximum atomic E-state index is 3.75. The van der Waals surface area contributed by atoms with E-state index >= 15 is 0 Å². The van der Waals surface area contributed by atoms with E-state index in [-0.39, 0.29) is 0 Å². The van der Waals surface area contributed by atoms with Crippen LogP contribution in [-0.4, -0.2) is 4.83 Å². The summed E-state index contributed by atoms with van der Waals surface area (Å²) in [5, 5.41) is 0. The van der Waals surface area contributed by atoms with Crippen molar-refractivity contribution in [2.75, 3.05) is 0 Å². The normalized spacial score (nSPS) is 32.4. The third-order valence-corrected chi connectivity index (χ3v) is 3.46. The number of allylic oxidation sites excluding steroid dienone is 2. The second kappa shape index (κ2) is 4.30. The Labute approximate surface area is 78.2 Å². The Hall–Kier alpha value is 0.220. The van der Waals surface area contributed by atoms with Gasteiger partial charge in [-0.1, -0.05) is 41.9 Å². The Morgan fingerprint density at radius 3 is 2.82 bits per heavy atom. The summed E-state index contributed by atoms with van der Waals surface area (Å²) >= 11 is 3.75. The highest BCUT2D eigenvalue weighted by molar-refractivity contribution is 9.09. The first-order valence-corrected chi connectivity index (χ1v) is 5.44. The highest BCUT2D eigenvalue weighted by Gasteiger charge is 2.20. The fraction of sp³-hybridized carbons (Fsp3) is 0.800. The molecule has 0 aromatic carbocycles. The summed E-state index contributed by atoms with van der Waals surface area (Å²) in [6.07, 6.45) is 8.67. The van der Waals surface area contributed by atoms with Crippen molar-refractivity contribution in [3.05, 3.63) is 12.2 Å². The van der Waals surface area contributed by atoms with E-state index in [4.69, 9.17) is 0 Å². The van der Waals surface area contributed by atoms with Crippen LogP contribution in [0, 0.1) is 11.8 Å². The molecule has 0 saturated heterocycles. The van der Waals surface area contributed by atoms with Gasteiger partial charge in [0.05, 0.1) is 0 Å². The van der Waals surface area contributed by atoms with Gasteiger partial charge in [-0.25, -0.2) is 0 Å². The summed E-state index contributed by atoms with van der Waals surface area (Å²) in [5.74, 6) is 1.52. The number of alkyl halides is 1. The number of hydrogen-bond acceptors (Lipinski definition) is 0. The number of hydrogen-bond donors (Lipinski definition) is 0. The van der Waals surface area contributed by atoms with E-state index in [9.17, 15) is 0 Å². The average molecular weight is 217 g/mol. The summed E-state index contributed by atoms with van der Waals surface area (Å²) in [4.78, 5) is 0.709. The average Bonchev–Trinajstić information content (AvgIpc) is 2.13. The Balaban J connectivity index is 2.57. The molecule has 1 aliphatic rings. The van der Waals surface area contributed by atoms with Crippen molar-refractivity contribution < 1.29 is 0 Å². The Bertz CT molecular complexity index is 138. The van der Waals surface area contributed by atoms with Gasteiger partial charge in [0, 0.05) is 4.83 Å². The minimum atomic E-state index is 0.709. The summed E-state index contributed by atoms with van der Waals surface area (Å²) in [7, 11) is 0. The van der Waals surface area contributed by atoms with E-state index in [0.29, 0.717) is 4.83 Å². The fourth-order valence-corrected chi connectivity index (χ4v) is 2.75. The zero-order valence-corrected chi connectivity index (χ0v) is 8.97. The maximum absolute atomic E-state index is 3.75.